The maximum absolute atomic E-state index is 8.83. The summed E-state index contributed by atoms with van der Waals surface area (Å²) in [5.74, 6) is -0.948. The Bertz CT molecular complexity index is 1280. The van der Waals surface area contributed by atoms with Crippen LogP contribution in [0.25, 0.3) is 0 Å². The van der Waals surface area contributed by atoms with Gasteiger partial charge in [-0.2, -0.15) is 10.5 Å². The van der Waals surface area contributed by atoms with Crippen molar-refractivity contribution < 1.29 is 48.9 Å². The zero-order valence-corrected chi connectivity index (χ0v) is 44.4. The summed E-state index contributed by atoms with van der Waals surface area (Å²) in [6, 6.07) is 11.4. The minimum atomic E-state index is -2.92. The lowest BCUT2D eigenvalue weighted by Crippen LogP contribution is -2.56. The highest BCUT2D eigenvalue weighted by Gasteiger charge is 2.21. The number of hydrogen-bond donors (Lipinski definition) is 4. The maximum Gasteiger partial charge on any atom is 0.158 e. The van der Waals surface area contributed by atoms with Crippen LogP contribution in [-0.4, -0.2) is 121 Å². The average Bonchev–Trinajstić information content (AvgIpc) is 3.30. The van der Waals surface area contributed by atoms with Crippen LogP contribution in [0.4, 0.5) is 0 Å². The van der Waals surface area contributed by atoms with Crippen LogP contribution in [0, 0.1) is 22.7 Å². The van der Waals surface area contributed by atoms with Gasteiger partial charge >= 0.3 is 0 Å². The van der Waals surface area contributed by atoms with Gasteiger partial charge in [-0.3, -0.25) is 7.32 Å². The van der Waals surface area contributed by atoms with Crippen LogP contribution in [0.2, 0.25) is 0 Å². The van der Waals surface area contributed by atoms with Crippen LogP contribution in [-0.2, 0) is 0 Å². The number of quaternary nitrogens is 3. The van der Waals surface area contributed by atoms with Gasteiger partial charge in [0.25, 0.3) is 0 Å². The van der Waals surface area contributed by atoms with Crippen molar-refractivity contribution in [3.8, 4) is 35.1 Å². The minimum Gasteiger partial charge on any atom is -0.907 e. The van der Waals surface area contributed by atoms with Crippen molar-refractivity contribution in [1.29, 1.82) is 10.5 Å². The van der Waals surface area contributed by atoms with Gasteiger partial charge in [0.1, 0.15) is 0 Å². The lowest BCUT2D eigenvalue weighted by molar-refractivity contribution is -0.910. The summed E-state index contributed by atoms with van der Waals surface area (Å²) in [7, 11) is 4.42. The molecule has 12 nitrogen and oxygen atoms in total. The third-order valence-electron chi connectivity index (χ3n) is 11.7. The molecular formula is C53H100BN5O7. The van der Waals surface area contributed by atoms with Gasteiger partial charge in [-0.25, -0.2) is 0 Å². The van der Waals surface area contributed by atoms with Gasteiger partial charge in [0, 0.05) is 12.1 Å². The lowest BCUT2D eigenvalue weighted by atomic mass is 10.2. The van der Waals surface area contributed by atoms with E-state index in [-0.39, 0.29) is 23.0 Å². The Kier molecular flexibility index (Phi) is 47.3. The number of benzene rings is 2. The SMILES string of the molecule is CCCC[N+](C)(CCCC)CCCC.CCCC[N+](C)(CCCC)CCCC.CCCC[N+](C)(CCCC)CCCC.N#Cc1ccc(O)c(O)c1.N#Cc1ccc(O)c(O)c1.[O-]B([O-])[O-]. The van der Waals surface area contributed by atoms with Crippen molar-refractivity contribution in [2.45, 2.75) is 178 Å². The van der Waals surface area contributed by atoms with Crippen molar-refractivity contribution in [2.24, 2.45) is 0 Å². The second kappa shape index (κ2) is 45.2. The van der Waals surface area contributed by atoms with E-state index < -0.39 is 7.32 Å². The smallest absolute Gasteiger partial charge is 0.158 e. The molecule has 0 aliphatic rings. The van der Waals surface area contributed by atoms with Gasteiger partial charge in [-0.05, 0) is 82.1 Å². The third kappa shape index (κ3) is 41.8. The Balaban J connectivity index is -0.000000358. The zero-order chi connectivity index (χ0) is 51.3. The minimum absolute atomic E-state index is 0.209. The first kappa shape index (κ1) is 69.0. The molecule has 2 rings (SSSR count). The Morgan fingerprint density at radius 2 is 0.545 bits per heavy atom. The Labute approximate surface area is 406 Å². The van der Waals surface area contributed by atoms with E-state index in [1.54, 1.807) is 0 Å². The van der Waals surface area contributed by atoms with Crippen LogP contribution in [0.3, 0.4) is 0 Å². The Morgan fingerprint density at radius 3 is 0.667 bits per heavy atom. The molecule has 0 unspecified atom stereocenters. The molecule has 0 saturated carbocycles. The quantitative estimate of drug-likeness (QED) is 0.0383. The number of phenolic OH excluding ortho intramolecular Hbond substituents is 4. The van der Waals surface area contributed by atoms with E-state index in [2.05, 4.69) is 83.5 Å². The summed E-state index contributed by atoms with van der Waals surface area (Å²) in [4.78, 5) is 0. The summed E-state index contributed by atoms with van der Waals surface area (Å²) < 4.78 is 3.94. The lowest BCUT2D eigenvalue weighted by Gasteiger charge is -2.35. The summed E-state index contributed by atoms with van der Waals surface area (Å²) in [6.45, 7) is 33.1. The average molecular weight is 930 g/mol. The van der Waals surface area contributed by atoms with Gasteiger partial charge in [0.15, 0.2) is 23.0 Å². The molecule has 4 N–H and O–H groups in total. The zero-order valence-electron chi connectivity index (χ0n) is 44.4. The molecule has 0 aliphatic heterocycles. The monoisotopic (exact) mass is 930 g/mol. The highest BCUT2D eigenvalue weighted by molar-refractivity contribution is 6.24. The van der Waals surface area contributed by atoms with Crippen molar-refractivity contribution in [3.05, 3.63) is 47.5 Å². The van der Waals surface area contributed by atoms with E-state index in [1.807, 2.05) is 12.1 Å². The second-order valence-electron chi connectivity index (χ2n) is 18.5. The molecule has 0 spiro atoms. The predicted molar refractivity (Wildman–Crippen MR) is 271 cm³/mol. The van der Waals surface area contributed by atoms with E-state index >= 15 is 0 Å². The number of hydrogen-bond acceptors (Lipinski definition) is 9. The van der Waals surface area contributed by atoms with Crippen molar-refractivity contribution in [2.75, 3.05) is 80.0 Å². The molecule has 0 fully saturated rings. The van der Waals surface area contributed by atoms with Crippen LogP contribution >= 0.6 is 0 Å². The summed E-state index contributed by atoms with van der Waals surface area (Å²) >= 11 is 0. The predicted octanol–water partition coefficient (Wildman–Crippen LogP) is 9.49. The summed E-state index contributed by atoms with van der Waals surface area (Å²) in [6.07, 6.45) is 24.6. The van der Waals surface area contributed by atoms with E-state index in [4.69, 9.17) is 46.0 Å². The largest absolute Gasteiger partial charge is 0.907 e. The molecule has 0 amide bonds. The molecule has 0 aliphatic carbocycles. The van der Waals surface area contributed by atoms with Gasteiger partial charge in [0.05, 0.1) is 103 Å². The number of nitriles is 2. The second-order valence-corrected chi connectivity index (χ2v) is 18.5. The Hall–Kier alpha value is -3.56. The number of aromatic hydroxyl groups is 4. The molecule has 2 aromatic carbocycles. The maximum atomic E-state index is 8.83. The van der Waals surface area contributed by atoms with Crippen molar-refractivity contribution in [3.63, 3.8) is 0 Å². The highest BCUT2D eigenvalue weighted by Crippen LogP contribution is 2.25. The Morgan fingerprint density at radius 1 is 0.379 bits per heavy atom. The third-order valence-corrected chi connectivity index (χ3v) is 11.7. The van der Waals surface area contributed by atoms with Crippen LogP contribution < -0.4 is 15.1 Å². The van der Waals surface area contributed by atoms with Crippen LogP contribution in [0.1, 0.15) is 189 Å². The first-order valence-corrected chi connectivity index (χ1v) is 25.6. The van der Waals surface area contributed by atoms with Crippen molar-refractivity contribution >= 4 is 7.32 Å². The molecule has 382 valence electrons. The fourth-order valence-corrected chi connectivity index (χ4v) is 7.05. The first-order valence-electron chi connectivity index (χ1n) is 25.6. The van der Waals surface area contributed by atoms with Gasteiger partial charge in [0.2, 0.25) is 0 Å². The number of rotatable bonds is 27. The molecule has 66 heavy (non-hydrogen) atoms. The van der Waals surface area contributed by atoms with E-state index in [0.717, 1.165) is 0 Å². The van der Waals surface area contributed by atoms with E-state index in [1.165, 1.54) is 224 Å². The summed E-state index contributed by atoms with van der Waals surface area (Å²) in [5.41, 5.74) is 0.658. The number of phenols is 4. The molecule has 13 heteroatoms. The van der Waals surface area contributed by atoms with Crippen LogP contribution in [0.15, 0.2) is 36.4 Å². The fourth-order valence-electron chi connectivity index (χ4n) is 7.05. The normalized spacial score (nSPS) is 10.7. The molecule has 0 radical (unpaired) electrons. The molecule has 0 saturated heterocycles. The molecule has 0 atom stereocenters. The van der Waals surface area contributed by atoms with Gasteiger partial charge < -0.3 is 48.9 Å². The molecule has 0 bridgehead atoms. The fraction of sp³-hybridized carbons (Fsp3) is 0.736. The number of unbranched alkanes of at least 4 members (excludes halogenated alkanes) is 9. The standard InChI is InChI=1S/3C13H30N.2C7H5NO2.BO3/c3*1-5-8-11-14(4,12-9-6-2)13-10-7-3;2*8-4-5-1-2-6(9)7(10)3-5;2-1(3)4/h3*5-13H2,1-4H3;2*1-3,9-10H;/q3*+1;;;-3. The van der Waals surface area contributed by atoms with Crippen molar-refractivity contribution in [1.82, 2.24) is 0 Å². The number of nitrogens with zero attached hydrogens (tertiary/aromatic N) is 5. The molecular weight excluding hydrogens is 829 g/mol. The molecule has 0 aromatic heterocycles. The summed E-state index contributed by atoms with van der Waals surface area (Å²) in [5, 5.41) is 77.1. The molecule has 0 heterocycles. The van der Waals surface area contributed by atoms with E-state index in [0.29, 0.717) is 11.1 Å². The topological polar surface area (TPSA) is 198 Å². The first-order chi connectivity index (χ1) is 31.3. The van der Waals surface area contributed by atoms with Gasteiger partial charge in [-0.1, -0.05) is 120 Å². The highest BCUT2D eigenvalue weighted by atomic mass is 16.5. The van der Waals surface area contributed by atoms with E-state index in [9.17, 15) is 0 Å². The molecule has 2 aromatic rings. The van der Waals surface area contributed by atoms with Crippen LogP contribution in [0.5, 0.6) is 23.0 Å². The van der Waals surface area contributed by atoms with Gasteiger partial charge in [-0.15, -0.1) is 0 Å².